The van der Waals surface area contributed by atoms with Gasteiger partial charge in [-0.15, -0.1) is 0 Å². The summed E-state index contributed by atoms with van der Waals surface area (Å²) >= 11 is 0. The normalized spacial score (nSPS) is 12.0. The summed E-state index contributed by atoms with van der Waals surface area (Å²) in [6, 6.07) is 50.5. The van der Waals surface area contributed by atoms with Crippen LogP contribution in [-0.2, 0) is 0 Å². The van der Waals surface area contributed by atoms with Gasteiger partial charge < -0.3 is 0 Å². The van der Waals surface area contributed by atoms with E-state index in [2.05, 4.69) is 48.5 Å². The number of fused-ring (bicyclic) bond motifs is 2. The highest BCUT2D eigenvalue weighted by molar-refractivity contribution is 7.94. The molecule has 0 amide bonds. The predicted molar refractivity (Wildman–Crippen MR) is 218 cm³/mol. The molecule has 0 spiro atoms. The molecule has 0 saturated carbocycles. The Balaban J connectivity index is 1.58. The van der Waals surface area contributed by atoms with Crippen molar-refractivity contribution >= 4 is 79.7 Å². The Labute approximate surface area is 300 Å². The van der Waals surface area contributed by atoms with Crippen LogP contribution in [0, 0.1) is 23.3 Å². The van der Waals surface area contributed by atoms with E-state index in [4.69, 9.17) is 12.6 Å². The summed E-state index contributed by atoms with van der Waals surface area (Å²) in [7, 11) is 0. The van der Waals surface area contributed by atoms with Gasteiger partial charge in [-0.1, -0.05) is 134 Å². The highest BCUT2D eigenvalue weighted by atomic mass is 31.2. The molecule has 0 fully saturated rings. The van der Waals surface area contributed by atoms with Gasteiger partial charge in [-0.3, -0.25) is 0 Å². The predicted octanol–water partition coefficient (Wildman–Crippen LogP) is 9.67. The van der Waals surface area contributed by atoms with Crippen molar-refractivity contribution in [3.05, 3.63) is 193 Å². The third-order valence-corrected chi connectivity index (χ3v) is 17.1. The first-order valence-electron chi connectivity index (χ1n) is 16.7. The minimum absolute atomic E-state index is 0.366. The zero-order chi connectivity index (χ0) is 36.0. The third-order valence-electron chi connectivity index (χ3n) is 9.96. The van der Waals surface area contributed by atoms with Crippen LogP contribution in [-0.4, -0.2) is 12.6 Å². The molecular weight excluding hydrogens is 690 g/mol. The van der Waals surface area contributed by atoms with Crippen molar-refractivity contribution < 1.29 is 17.6 Å². The van der Waals surface area contributed by atoms with Crippen LogP contribution in [0.5, 0.6) is 0 Å². The average molecular weight is 723 g/mol. The maximum atomic E-state index is 14.5. The Hall–Kier alpha value is -5.40. The van der Waals surface area contributed by atoms with Gasteiger partial charge in [0, 0.05) is 0 Å². The van der Waals surface area contributed by atoms with Gasteiger partial charge in [-0.2, -0.15) is 0 Å². The van der Waals surface area contributed by atoms with Gasteiger partial charge in [0.05, 0.1) is 0 Å². The van der Waals surface area contributed by atoms with E-state index in [1.54, 1.807) is 48.5 Å². The van der Waals surface area contributed by atoms with Crippen molar-refractivity contribution in [2.45, 2.75) is 0 Å². The van der Waals surface area contributed by atoms with Crippen LogP contribution in [0.1, 0.15) is 0 Å². The Morgan fingerprint density at radius 3 is 0.865 bits per heavy atom. The lowest BCUT2D eigenvalue weighted by atomic mass is 9.93. The molecule has 0 nitrogen and oxygen atoms in total. The highest BCUT2D eigenvalue weighted by Gasteiger charge is 2.32. The number of hydrogen-bond acceptors (Lipinski definition) is 0. The van der Waals surface area contributed by atoms with Crippen molar-refractivity contribution in [1.82, 2.24) is 0 Å². The zero-order valence-corrected chi connectivity index (χ0v) is 29.8. The summed E-state index contributed by atoms with van der Waals surface area (Å²) in [5, 5.41) is 9.09. The van der Waals surface area contributed by atoms with Gasteiger partial charge in [0.2, 0.25) is 0 Å². The van der Waals surface area contributed by atoms with E-state index in [-0.39, 0.29) is 23.3 Å². The van der Waals surface area contributed by atoms with Gasteiger partial charge in [-0.05, 0) is 127 Å². The zero-order valence-electron chi connectivity index (χ0n) is 28.0. The molecule has 0 aromatic heterocycles. The van der Waals surface area contributed by atoms with Crippen LogP contribution >= 0.6 is 13.8 Å². The lowest BCUT2D eigenvalue weighted by Gasteiger charge is -2.33. The second-order valence-electron chi connectivity index (χ2n) is 12.9. The summed E-state index contributed by atoms with van der Waals surface area (Å²) in [6.07, 6.45) is 10.0. The SMILES string of the molecule is C=P(c1ccc(F)cc1)(c1ccc(F)cc1)c1ccc2ccccc2c1-c1c(P(=C)(c2ccc(F)cc2)c2ccc(F)cc2)ccc2ccccc12. The van der Waals surface area contributed by atoms with Crippen LogP contribution in [0.15, 0.2) is 170 Å². The van der Waals surface area contributed by atoms with E-state index in [0.717, 1.165) is 64.5 Å². The maximum Gasteiger partial charge on any atom is 0.123 e. The molecule has 0 aliphatic rings. The van der Waals surface area contributed by atoms with E-state index in [1.807, 2.05) is 24.3 Å². The molecule has 254 valence electrons. The third kappa shape index (κ3) is 5.64. The van der Waals surface area contributed by atoms with Gasteiger partial charge in [0.15, 0.2) is 0 Å². The monoisotopic (exact) mass is 722 g/mol. The number of hydrogen-bond donors (Lipinski definition) is 0. The van der Waals surface area contributed by atoms with E-state index >= 15 is 0 Å². The number of halogens is 4. The van der Waals surface area contributed by atoms with Gasteiger partial charge in [-0.25, -0.2) is 17.6 Å². The minimum Gasteiger partial charge on any atom is -0.207 e. The maximum absolute atomic E-state index is 14.5. The molecule has 52 heavy (non-hydrogen) atoms. The Morgan fingerprint density at radius 1 is 0.308 bits per heavy atom. The van der Waals surface area contributed by atoms with Crippen molar-refractivity contribution in [3.63, 3.8) is 0 Å². The van der Waals surface area contributed by atoms with Crippen molar-refractivity contribution in [3.8, 4) is 11.1 Å². The first-order chi connectivity index (χ1) is 25.2. The Bertz CT molecular complexity index is 2410. The second kappa shape index (κ2) is 13.3. The summed E-state index contributed by atoms with van der Waals surface area (Å²) < 4.78 is 58.0. The minimum atomic E-state index is -2.87. The number of rotatable bonds is 7. The van der Waals surface area contributed by atoms with Gasteiger partial charge in [0.25, 0.3) is 0 Å². The molecule has 0 aliphatic heterocycles. The Kier molecular flexibility index (Phi) is 8.62. The first kappa shape index (κ1) is 33.7. The molecule has 0 N–H and O–H groups in total. The second-order valence-corrected chi connectivity index (χ2v) is 19.2. The lowest BCUT2D eigenvalue weighted by Crippen LogP contribution is -2.30. The molecule has 8 aromatic carbocycles. The van der Waals surface area contributed by atoms with Crippen LogP contribution in [0.4, 0.5) is 17.6 Å². The Morgan fingerprint density at radius 2 is 0.577 bits per heavy atom. The summed E-state index contributed by atoms with van der Waals surface area (Å²) in [4.78, 5) is 0. The van der Waals surface area contributed by atoms with Crippen molar-refractivity contribution in [2.75, 3.05) is 0 Å². The van der Waals surface area contributed by atoms with E-state index in [0.29, 0.717) is 0 Å². The van der Waals surface area contributed by atoms with Crippen LogP contribution in [0.2, 0.25) is 0 Å². The van der Waals surface area contributed by atoms with Crippen LogP contribution in [0.3, 0.4) is 0 Å². The highest BCUT2D eigenvalue weighted by Crippen LogP contribution is 2.51. The summed E-state index contributed by atoms with van der Waals surface area (Å²) in [5.74, 6) is -1.46. The molecule has 0 bridgehead atoms. The molecule has 0 unspecified atom stereocenters. The van der Waals surface area contributed by atoms with Crippen LogP contribution < -0.4 is 31.8 Å². The first-order valence-corrected chi connectivity index (χ1v) is 20.7. The average Bonchev–Trinajstić information content (AvgIpc) is 3.17. The molecule has 0 radical (unpaired) electrons. The molecule has 6 heteroatoms. The van der Waals surface area contributed by atoms with Gasteiger partial charge >= 0.3 is 0 Å². The summed E-state index contributed by atoms with van der Waals surface area (Å²) in [6.45, 7) is -5.74. The summed E-state index contributed by atoms with van der Waals surface area (Å²) in [5.41, 5.74) is 1.86. The molecule has 8 aromatic rings. The van der Waals surface area contributed by atoms with Crippen LogP contribution in [0.25, 0.3) is 32.7 Å². The van der Waals surface area contributed by atoms with Gasteiger partial charge in [0.1, 0.15) is 23.3 Å². The molecular formula is C46H32F4P2. The lowest BCUT2D eigenvalue weighted by molar-refractivity contribution is 0.628. The molecule has 0 aliphatic carbocycles. The van der Waals surface area contributed by atoms with E-state index in [9.17, 15) is 17.6 Å². The topological polar surface area (TPSA) is 0 Å². The fourth-order valence-electron chi connectivity index (χ4n) is 7.32. The smallest absolute Gasteiger partial charge is 0.123 e. The molecule has 0 atom stereocenters. The number of benzene rings is 8. The van der Waals surface area contributed by atoms with E-state index < -0.39 is 13.8 Å². The fourth-order valence-corrected chi connectivity index (χ4v) is 13.5. The van der Waals surface area contributed by atoms with Crippen molar-refractivity contribution in [1.29, 1.82) is 0 Å². The molecule has 0 heterocycles. The largest absolute Gasteiger partial charge is 0.207 e. The fraction of sp³-hybridized carbons (Fsp3) is 0. The molecule has 0 saturated heterocycles. The molecule has 8 rings (SSSR count). The quantitative estimate of drug-likeness (QED) is 0.114. The van der Waals surface area contributed by atoms with E-state index in [1.165, 1.54) is 48.5 Å². The van der Waals surface area contributed by atoms with Crippen molar-refractivity contribution in [2.24, 2.45) is 0 Å². The standard InChI is InChI=1S/C46H32F4P2/c1-51(37-21-13-33(47)14-22-37,38-23-15-34(48)16-24-38)43-29-11-31-7-3-5-9-41(31)45(43)46-42-10-6-4-8-32(42)12-30-44(46)52(2,39-25-17-35(49)18-26-39)40-27-19-36(50)20-28-40/h3-30H,1-2H2.